The number of unbranched alkanes of at least 4 members (excludes halogenated alkanes) is 2. The molecule has 1 aliphatic rings. The van der Waals surface area contributed by atoms with Crippen molar-refractivity contribution in [1.82, 2.24) is 4.90 Å². The quantitative estimate of drug-likeness (QED) is 0.224. The fraction of sp³-hybridized carbons (Fsp3) is 0.407. The van der Waals surface area contributed by atoms with E-state index in [9.17, 15) is 14.7 Å². The zero-order chi connectivity index (χ0) is 24.0. The number of Topliss-reactive ketones (excluding diaryl/α,β-unsaturated/α-hetero) is 1. The van der Waals surface area contributed by atoms with Crippen LogP contribution in [-0.4, -0.2) is 41.0 Å². The van der Waals surface area contributed by atoms with Crippen molar-refractivity contribution >= 4 is 17.4 Å². The summed E-state index contributed by atoms with van der Waals surface area (Å²) in [5, 5.41) is 11.3. The molecule has 1 saturated heterocycles. The summed E-state index contributed by atoms with van der Waals surface area (Å²) in [4.78, 5) is 27.7. The molecule has 1 atom stereocenters. The Kier molecular flexibility index (Phi) is 8.15. The van der Waals surface area contributed by atoms with Crippen LogP contribution in [0.15, 0.2) is 54.1 Å². The summed E-state index contributed by atoms with van der Waals surface area (Å²) in [6.07, 6.45) is 2.69. The first kappa shape index (κ1) is 24.4. The van der Waals surface area contributed by atoms with Gasteiger partial charge < -0.3 is 19.5 Å². The molecule has 1 heterocycles. The highest BCUT2D eigenvalue weighted by atomic mass is 16.5. The molecule has 0 aromatic heterocycles. The average Bonchev–Trinajstić information content (AvgIpc) is 3.04. The van der Waals surface area contributed by atoms with Gasteiger partial charge in [0, 0.05) is 12.1 Å². The van der Waals surface area contributed by atoms with Gasteiger partial charge in [-0.3, -0.25) is 9.59 Å². The summed E-state index contributed by atoms with van der Waals surface area (Å²) >= 11 is 0. The molecule has 0 aliphatic carbocycles. The van der Waals surface area contributed by atoms with Gasteiger partial charge in [-0.1, -0.05) is 44.0 Å². The predicted molar refractivity (Wildman–Crippen MR) is 128 cm³/mol. The molecule has 6 heteroatoms. The molecule has 2 aromatic rings. The second-order valence-electron chi connectivity index (χ2n) is 8.40. The lowest BCUT2D eigenvalue weighted by Crippen LogP contribution is -2.30. The monoisotopic (exact) mass is 451 g/mol. The third kappa shape index (κ3) is 5.56. The van der Waals surface area contributed by atoms with E-state index < -0.39 is 17.7 Å². The van der Waals surface area contributed by atoms with E-state index in [1.807, 2.05) is 45.0 Å². The maximum absolute atomic E-state index is 13.1. The Hall–Kier alpha value is -3.28. The number of amides is 1. The first-order valence-electron chi connectivity index (χ1n) is 11.7. The Balaban J connectivity index is 2.11. The van der Waals surface area contributed by atoms with Crippen LogP contribution in [0, 0.1) is 0 Å². The summed E-state index contributed by atoms with van der Waals surface area (Å²) in [7, 11) is 0. The van der Waals surface area contributed by atoms with Crippen LogP contribution in [-0.2, 0) is 9.59 Å². The zero-order valence-corrected chi connectivity index (χ0v) is 19.8. The van der Waals surface area contributed by atoms with Crippen molar-refractivity contribution in [3.05, 3.63) is 65.2 Å². The molecule has 1 N–H and O–H groups in total. The maximum Gasteiger partial charge on any atom is 0.295 e. The number of aliphatic hydroxyl groups excluding tert-OH is 1. The fourth-order valence-corrected chi connectivity index (χ4v) is 4.07. The minimum atomic E-state index is -0.683. The molecule has 6 nitrogen and oxygen atoms in total. The normalized spacial score (nSPS) is 17.6. The van der Waals surface area contributed by atoms with E-state index in [2.05, 4.69) is 6.92 Å². The summed E-state index contributed by atoms with van der Waals surface area (Å²) in [6.45, 7) is 8.76. The predicted octanol–water partition coefficient (Wildman–Crippen LogP) is 5.48. The van der Waals surface area contributed by atoms with Crippen molar-refractivity contribution in [2.45, 2.75) is 59.1 Å². The van der Waals surface area contributed by atoms with Crippen molar-refractivity contribution in [3.8, 4) is 11.5 Å². The molecule has 0 radical (unpaired) electrons. The largest absolute Gasteiger partial charge is 0.507 e. The van der Waals surface area contributed by atoms with Crippen molar-refractivity contribution in [2.24, 2.45) is 0 Å². The van der Waals surface area contributed by atoms with Crippen LogP contribution >= 0.6 is 0 Å². The number of carbonyl (C=O) groups excluding carboxylic acids is 2. The van der Waals surface area contributed by atoms with Crippen LogP contribution < -0.4 is 9.47 Å². The van der Waals surface area contributed by atoms with Gasteiger partial charge in [0.25, 0.3) is 11.7 Å². The molecule has 176 valence electrons. The van der Waals surface area contributed by atoms with Gasteiger partial charge in [0.15, 0.2) is 0 Å². The highest BCUT2D eigenvalue weighted by molar-refractivity contribution is 6.46. The molecule has 0 saturated carbocycles. The van der Waals surface area contributed by atoms with Crippen LogP contribution in [0.2, 0.25) is 0 Å². The molecule has 3 rings (SSSR count). The van der Waals surface area contributed by atoms with Crippen molar-refractivity contribution in [3.63, 3.8) is 0 Å². The van der Waals surface area contributed by atoms with Gasteiger partial charge in [-0.2, -0.15) is 0 Å². The number of aliphatic hydroxyl groups is 1. The standard InChI is InChI=1S/C27H33NO5/c1-5-7-8-15-28-24(19-11-9-13-21(16-19)32-6-2)23(26(30)27(28)31)25(29)20-12-10-14-22(17-20)33-18(3)4/h9-14,16-18,24,29H,5-8,15H2,1-4H3/b25-23-. The third-order valence-corrected chi connectivity index (χ3v) is 5.51. The number of hydrogen-bond acceptors (Lipinski definition) is 5. The van der Waals surface area contributed by atoms with Gasteiger partial charge in [-0.05, 0) is 57.0 Å². The number of nitrogens with zero attached hydrogens (tertiary/aromatic N) is 1. The van der Waals surface area contributed by atoms with Crippen molar-refractivity contribution in [1.29, 1.82) is 0 Å². The highest BCUT2D eigenvalue weighted by Gasteiger charge is 2.45. The van der Waals surface area contributed by atoms with E-state index >= 15 is 0 Å². The van der Waals surface area contributed by atoms with Gasteiger partial charge in [0.1, 0.15) is 17.3 Å². The number of hydrogen-bond donors (Lipinski definition) is 1. The van der Waals surface area contributed by atoms with E-state index in [4.69, 9.17) is 9.47 Å². The number of ether oxygens (including phenoxy) is 2. The van der Waals surface area contributed by atoms with E-state index in [1.165, 1.54) is 0 Å². The molecule has 1 aliphatic heterocycles. The van der Waals surface area contributed by atoms with Gasteiger partial charge in [0.2, 0.25) is 0 Å². The van der Waals surface area contributed by atoms with Crippen molar-refractivity contribution < 1.29 is 24.2 Å². The number of carbonyl (C=O) groups is 2. The minimum absolute atomic E-state index is 0.0344. The molecule has 0 spiro atoms. The Morgan fingerprint density at radius 1 is 1.03 bits per heavy atom. The van der Waals surface area contributed by atoms with Gasteiger partial charge >= 0.3 is 0 Å². The number of rotatable bonds is 10. The summed E-state index contributed by atoms with van der Waals surface area (Å²) in [6, 6.07) is 13.6. The van der Waals surface area contributed by atoms with Crippen LogP contribution in [0.3, 0.4) is 0 Å². The molecule has 33 heavy (non-hydrogen) atoms. The Labute approximate surface area is 195 Å². The molecule has 1 unspecified atom stereocenters. The Morgan fingerprint density at radius 3 is 2.45 bits per heavy atom. The van der Waals surface area contributed by atoms with Gasteiger partial charge in [0.05, 0.1) is 24.3 Å². The molecule has 1 amide bonds. The van der Waals surface area contributed by atoms with Gasteiger partial charge in [-0.25, -0.2) is 0 Å². The lowest BCUT2D eigenvalue weighted by atomic mass is 9.95. The number of ketones is 1. The van der Waals surface area contributed by atoms with Crippen LogP contribution in [0.5, 0.6) is 11.5 Å². The topological polar surface area (TPSA) is 76.1 Å². The van der Waals surface area contributed by atoms with E-state index in [-0.39, 0.29) is 17.4 Å². The zero-order valence-electron chi connectivity index (χ0n) is 19.8. The van der Waals surface area contributed by atoms with Crippen LogP contribution in [0.4, 0.5) is 0 Å². The molecule has 2 aromatic carbocycles. The van der Waals surface area contributed by atoms with E-state index in [1.54, 1.807) is 29.2 Å². The maximum atomic E-state index is 13.1. The number of benzene rings is 2. The second-order valence-corrected chi connectivity index (χ2v) is 8.40. The number of likely N-dealkylation sites (tertiary alicyclic amines) is 1. The lowest BCUT2D eigenvalue weighted by molar-refractivity contribution is -0.139. The Bertz CT molecular complexity index is 1030. The molecule has 1 fully saturated rings. The first-order valence-corrected chi connectivity index (χ1v) is 11.7. The SMILES string of the molecule is CCCCCN1C(=O)C(=O)/C(=C(\O)c2cccc(OC(C)C)c2)C1c1cccc(OCC)c1. The molecule has 0 bridgehead atoms. The smallest absolute Gasteiger partial charge is 0.295 e. The van der Waals surface area contributed by atoms with E-state index in [0.29, 0.717) is 30.2 Å². The van der Waals surface area contributed by atoms with Crippen LogP contribution in [0.1, 0.15) is 64.1 Å². The third-order valence-electron chi connectivity index (χ3n) is 5.51. The second kappa shape index (κ2) is 11.0. The molecular formula is C27H33NO5. The Morgan fingerprint density at radius 2 is 1.76 bits per heavy atom. The minimum Gasteiger partial charge on any atom is -0.507 e. The first-order chi connectivity index (χ1) is 15.9. The van der Waals surface area contributed by atoms with Gasteiger partial charge in [-0.15, -0.1) is 0 Å². The molecular weight excluding hydrogens is 418 g/mol. The fourth-order valence-electron chi connectivity index (χ4n) is 4.07. The van der Waals surface area contributed by atoms with Crippen molar-refractivity contribution in [2.75, 3.05) is 13.2 Å². The lowest BCUT2D eigenvalue weighted by Gasteiger charge is -2.25. The average molecular weight is 452 g/mol. The summed E-state index contributed by atoms with van der Waals surface area (Å²) < 4.78 is 11.4. The summed E-state index contributed by atoms with van der Waals surface area (Å²) in [5.74, 6) is -0.227. The van der Waals surface area contributed by atoms with Crippen LogP contribution in [0.25, 0.3) is 5.76 Å². The summed E-state index contributed by atoms with van der Waals surface area (Å²) in [5.41, 5.74) is 1.25. The van der Waals surface area contributed by atoms with E-state index in [0.717, 1.165) is 24.8 Å². The highest BCUT2D eigenvalue weighted by Crippen LogP contribution is 2.40.